The minimum Gasteiger partial charge on any atom is -0.302 e. The topological polar surface area (TPSA) is 24.4 Å². The fraction of sp³-hybridized carbons (Fsp3) is 0.250. The molecule has 1 aliphatic carbocycles. The van der Waals surface area contributed by atoms with E-state index in [4.69, 9.17) is 23.2 Å². The lowest BCUT2D eigenvalue weighted by atomic mass is 9.78. The first-order chi connectivity index (χ1) is 11.7. The number of fused-ring (bicyclic) bond motifs is 1. The van der Waals surface area contributed by atoms with E-state index < -0.39 is 0 Å². The van der Waals surface area contributed by atoms with Crippen molar-refractivity contribution in [2.45, 2.75) is 25.3 Å². The second kappa shape index (κ2) is 6.62. The second-order valence-corrected chi connectivity index (χ2v) is 7.25. The molecule has 4 heteroatoms. The number of hydrazone groups is 1. The molecule has 122 valence electrons. The summed E-state index contributed by atoms with van der Waals surface area (Å²) in [5.74, 6) is 0.429. The number of allylic oxidation sites excluding steroid dienone is 1. The molecule has 0 radical (unpaired) electrons. The lowest BCUT2D eigenvalue weighted by Gasteiger charge is -2.26. The van der Waals surface area contributed by atoms with Crippen molar-refractivity contribution in [1.82, 2.24) is 5.43 Å². The minimum absolute atomic E-state index is 0.242. The number of benzene rings is 2. The van der Waals surface area contributed by atoms with Crippen LogP contribution in [0.25, 0.3) is 6.08 Å². The minimum atomic E-state index is 0.242. The third-order valence-electron chi connectivity index (χ3n) is 4.81. The van der Waals surface area contributed by atoms with Crippen LogP contribution in [0.1, 0.15) is 36.4 Å². The van der Waals surface area contributed by atoms with Gasteiger partial charge in [-0.2, -0.15) is 5.10 Å². The molecule has 0 bridgehead atoms. The van der Waals surface area contributed by atoms with Crippen molar-refractivity contribution in [2.24, 2.45) is 11.0 Å². The molecule has 0 spiro atoms. The Hall–Kier alpha value is -1.77. The first-order valence-corrected chi connectivity index (χ1v) is 9.01. The number of rotatable bonds is 2. The van der Waals surface area contributed by atoms with Crippen molar-refractivity contribution in [3.63, 3.8) is 0 Å². The van der Waals surface area contributed by atoms with E-state index >= 15 is 0 Å². The molecule has 1 fully saturated rings. The summed E-state index contributed by atoms with van der Waals surface area (Å²) in [7, 11) is 0. The maximum Gasteiger partial charge on any atom is 0.0773 e. The monoisotopic (exact) mass is 356 g/mol. The molecule has 0 amide bonds. The Morgan fingerprint density at radius 2 is 1.62 bits per heavy atom. The van der Waals surface area contributed by atoms with E-state index in [9.17, 15) is 0 Å². The van der Waals surface area contributed by atoms with Gasteiger partial charge in [-0.15, -0.1) is 0 Å². The van der Waals surface area contributed by atoms with Crippen LogP contribution < -0.4 is 5.43 Å². The van der Waals surface area contributed by atoms with Crippen molar-refractivity contribution in [1.29, 1.82) is 0 Å². The van der Waals surface area contributed by atoms with Gasteiger partial charge in [0.1, 0.15) is 0 Å². The second-order valence-electron chi connectivity index (χ2n) is 6.38. The molecule has 0 saturated heterocycles. The van der Waals surface area contributed by atoms with Crippen molar-refractivity contribution < 1.29 is 0 Å². The van der Waals surface area contributed by atoms with E-state index in [0.29, 0.717) is 5.92 Å². The normalized spacial score (nSPS) is 24.4. The molecule has 1 N–H and O–H groups in total. The zero-order chi connectivity index (χ0) is 16.5. The van der Waals surface area contributed by atoms with Gasteiger partial charge in [-0.05, 0) is 66.3 Å². The van der Waals surface area contributed by atoms with E-state index in [2.05, 4.69) is 40.9 Å². The molecular weight excluding hydrogens is 339 g/mol. The predicted octanol–water partition coefficient (Wildman–Crippen LogP) is 5.88. The summed E-state index contributed by atoms with van der Waals surface area (Å²) < 4.78 is 0. The lowest BCUT2D eigenvalue weighted by Crippen LogP contribution is -2.25. The molecular formula is C20H18Cl2N2. The maximum absolute atomic E-state index is 6.01. The van der Waals surface area contributed by atoms with Crippen LogP contribution in [0, 0.1) is 5.92 Å². The fourth-order valence-electron chi connectivity index (χ4n) is 3.61. The Balaban J connectivity index is 1.60. The van der Waals surface area contributed by atoms with Crippen LogP contribution in [0.5, 0.6) is 0 Å². The standard InChI is InChI=1S/C20H18Cl2N2/c21-16-8-4-13(5-9-16)12-15-2-1-3-18-19(23-24-20(15)18)14-6-10-17(22)11-7-14/h4-12,18-19,23H,1-3H2/b15-12+/t18-,19-/m1/s1. The SMILES string of the molecule is Clc1ccc(/C=C2\CCC[C@H]3C2=NN[C@@H]3c2ccc(Cl)cc2)cc1. The van der Waals surface area contributed by atoms with Gasteiger partial charge in [0.05, 0.1) is 11.8 Å². The van der Waals surface area contributed by atoms with Gasteiger partial charge in [0.15, 0.2) is 0 Å². The van der Waals surface area contributed by atoms with Gasteiger partial charge in [-0.1, -0.05) is 47.5 Å². The van der Waals surface area contributed by atoms with Crippen LogP contribution in [0.3, 0.4) is 0 Å². The van der Waals surface area contributed by atoms with Gasteiger partial charge in [0.2, 0.25) is 0 Å². The van der Waals surface area contributed by atoms with Crippen molar-refractivity contribution in [3.05, 3.63) is 75.3 Å². The number of nitrogens with zero attached hydrogens (tertiary/aromatic N) is 1. The summed E-state index contributed by atoms with van der Waals surface area (Å²) in [4.78, 5) is 0. The molecule has 2 atom stereocenters. The molecule has 0 unspecified atom stereocenters. The molecule has 2 aromatic carbocycles. The Bertz CT molecular complexity index is 791. The summed E-state index contributed by atoms with van der Waals surface area (Å²) in [5.41, 5.74) is 8.30. The van der Waals surface area contributed by atoms with Gasteiger partial charge < -0.3 is 5.43 Å². The number of halogens is 2. The smallest absolute Gasteiger partial charge is 0.0773 e. The van der Waals surface area contributed by atoms with Crippen molar-refractivity contribution in [2.75, 3.05) is 0 Å². The molecule has 1 saturated carbocycles. The zero-order valence-electron chi connectivity index (χ0n) is 13.2. The van der Waals surface area contributed by atoms with Crippen molar-refractivity contribution in [3.8, 4) is 0 Å². The molecule has 2 aromatic rings. The average Bonchev–Trinajstić information content (AvgIpc) is 3.03. The molecule has 1 aliphatic heterocycles. The number of hydrogen-bond donors (Lipinski definition) is 1. The van der Waals surface area contributed by atoms with Crippen LogP contribution in [0.15, 0.2) is 59.2 Å². The highest BCUT2D eigenvalue weighted by atomic mass is 35.5. The summed E-state index contributed by atoms with van der Waals surface area (Å²) in [6.45, 7) is 0. The third kappa shape index (κ3) is 3.09. The number of nitrogens with one attached hydrogen (secondary N) is 1. The lowest BCUT2D eigenvalue weighted by molar-refractivity contribution is 0.451. The van der Waals surface area contributed by atoms with E-state index in [1.165, 1.54) is 28.8 Å². The first-order valence-electron chi connectivity index (χ1n) is 8.26. The zero-order valence-corrected chi connectivity index (χ0v) is 14.7. The van der Waals surface area contributed by atoms with Crippen LogP contribution in [-0.2, 0) is 0 Å². The highest BCUT2D eigenvalue weighted by Crippen LogP contribution is 2.39. The predicted molar refractivity (Wildman–Crippen MR) is 102 cm³/mol. The molecule has 2 aliphatic rings. The quantitative estimate of drug-likeness (QED) is 0.713. The highest BCUT2D eigenvalue weighted by molar-refractivity contribution is 6.30. The van der Waals surface area contributed by atoms with E-state index in [1.807, 2.05) is 24.3 Å². The first kappa shape index (κ1) is 15.7. The molecule has 2 nitrogen and oxygen atoms in total. The largest absolute Gasteiger partial charge is 0.302 e. The van der Waals surface area contributed by atoms with Gasteiger partial charge >= 0.3 is 0 Å². The van der Waals surface area contributed by atoms with E-state index in [1.54, 1.807) is 0 Å². The molecule has 4 rings (SSSR count). The van der Waals surface area contributed by atoms with E-state index in [0.717, 1.165) is 22.9 Å². The molecule has 1 heterocycles. The summed E-state index contributed by atoms with van der Waals surface area (Å²) >= 11 is 12.0. The highest BCUT2D eigenvalue weighted by Gasteiger charge is 2.36. The average molecular weight is 357 g/mol. The Labute approximate surface area is 152 Å². The van der Waals surface area contributed by atoms with Crippen LogP contribution in [0.2, 0.25) is 10.0 Å². The Morgan fingerprint density at radius 1 is 0.958 bits per heavy atom. The maximum atomic E-state index is 6.01. The third-order valence-corrected chi connectivity index (χ3v) is 5.31. The molecule has 0 aromatic heterocycles. The van der Waals surface area contributed by atoms with Crippen LogP contribution in [0.4, 0.5) is 0 Å². The van der Waals surface area contributed by atoms with Crippen LogP contribution >= 0.6 is 23.2 Å². The summed E-state index contributed by atoms with van der Waals surface area (Å²) in [6, 6.07) is 16.3. The summed E-state index contributed by atoms with van der Waals surface area (Å²) in [5, 5.41) is 6.21. The molecule has 24 heavy (non-hydrogen) atoms. The van der Waals surface area contributed by atoms with Crippen molar-refractivity contribution >= 4 is 35.0 Å². The van der Waals surface area contributed by atoms with Gasteiger partial charge in [0.25, 0.3) is 0 Å². The van der Waals surface area contributed by atoms with Gasteiger partial charge in [-0.3, -0.25) is 0 Å². The Kier molecular flexibility index (Phi) is 4.34. The van der Waals surface area contributed by atoms with Gasteiger partial charge in [-0.25, -0.2) is 0 Å². The van der Waals surface area contributed by atoms with Crippen LogP contribution in [-0.4, -0.2) is 5.71 Å². The summed E-state index contributed by atoms with van der Waals surface area (Å²) in [6.07, 6.45) is 5.67. The van der Waals surface area contributed by atoms with Gasteiger partial charge in [0, 0.05) is 16.0 Å². The number of hydrogen-bond acceptors (Lipinski definition) is 2. The fourth-order valence-corrected chi connectivity index (χ4v) is 3.86. The Morgan fingerprint density at radius 3 is 2.33 bits per heavy atom. The van der Waals surface area contributed by atoms with E-state index in [-0.39, 0.29) is 6.04 Å².